The van der Waals surface area contributed by atoms with Crippen LogP contribution in [0.1, 0.15) is 34.7 Å². The number of halogens is 1. The van der Waals surface area contributed by atoms with Gasteiger partial charge in [0.2, 0.25) is 0 Å². The number of nitrogens with zero attached hydrogens (tertiary/aromatic N) is 2. The molecule has 0 N–H and O–H groups in total. The third kappa shape index (κ3) is 3.99. The quantitative estimate of drug-likeness (QED) is 0.325. The van der Waals surface area contributed by atoms with Crippen molar-refractivity contribution in [1.29, 1.82) is 0 Å². The van der Waals surface area contributed by atoms with Gasteiger partial charge >= 0.3 is 0 Å². The second-order valence-corrected chi connectivity index (χ2v) is 11.0. The zero-order chi connectivity index (χ0) is 26.4. The molecule has 0 amide bonds. The number of thiazole rings is 1. The van der Waals surface area contributed by atoms with Crippen LogP contribution in [0, 0.1) is 0 Å². The van der Waals surface area contributed by atoms with E-state index >= 15 is 0 Å². The summed E-state index contributed by atoms with van der Waals surface area (Å²) in [6.07, 6.45) is 3.61. The molecule has 0 saturated heterocycles. The number of allylic oxidation sites excluding steroid dienone is 1. The highest BCUT2D eigenvalue weighted by Crippen LogP contribution is 2.43. The highest BCUT2D eigenvalue weighted by molar-refractivity contribution is 9.10. The van der Waals surface area contributed by atoms with Crippen molar-refractivity contribution >= 4 is 39.0 Å². The molecule has 192 valence electrons. The average molecular weight is 590 g/mol. The number of hydrogen-bond donors (Lipinski definition) is 0. The second kappa shape index (κ2) is 9.93. The largest absolute Gasteiger partial charge is 0.496 e. The summed E-state index contributed by atoms with van der Waals surface area (Å²) in [5, 5.41) is 0. The lowest BCUT2D eigenvalue weighted by Gasteiger charge is -2.31. The molecule has 1 atom stereocenters. The molecular formula is C30H25BrN2O4S. The molecule has 0 bridgehead atoms. The van der Waals surface area contributed by atoms with Gasteiger partial charge in [-0.05, 0) is 69.7 Å². The lowest BCUT2D eigenvalue weighted by atomic mass is 9.83. The van der Waals surface area contributed by atoms with Gasteiger partial charge < -0.3 is 14.2 Å². The maximum atomic E-state index is 14.0. The highest BCUT2D eigenvalue weighted by Gasteiger charge is 2.34. The number of aromatic nitrogens is 1. The number of para-hydroxylation sites is 1. The van der Waals surface area contributed by atoms with E-state index in [0.29, 0.717) is 20.8 Å². The van der Waals surface area contributed by atoms with Gasteiger partial charge in [0.15, 0.2) is 16.3 Å². The minimum Gasteiger partial charge on any atom is -0.496 e. The van der Waals surface area contributed by atoms with Crippen LogP contribution in [-0.4, -0.2) is 25.9 Å². The predicted octanol–water partition coefficient (Wildman–Crippen LogP) is 5.11. The maximum absolute atomic E-state index is 14.0. The molecule has 3 aromatic carbocycles. The Labute approximate surface area is 232 Å². The molecule has 6 rings (SSSR count). The van der Waals surface area contributed by atoms with Crippen LogP contribution in [-0.2, 0) is 6.42 Å². The van der Waals surface area contributed by atoms with Crippen LogP contribution in [0.25, 0.3) is 11.8 Å². The Kier molecular flexibility index (Phi) is 6.45. The Morgan fingerprint density at radius 2 is 1.74 bits per heavy atom. The van der Waals surface area contributed by atoms with Crippen LogP contribution in [0.15, 0.2) is 80.5 Å². The van der Waals surface area contributed by atoms with Crippen molar-refractivity contribution in [2.24, 2.45) is 4.99 Å². The fraction of sp³-hybridized carbons (Fsp3) is 0.200. The van der Waals surface area contributed by atoms with Crippen LogP contribution in [0.5, 0.6) is 17.2 Å². The van der Waals surface area contributed by atoms with Crippen molar-refractivity contribution in [1.82, 2.24) is 4.57 Å². The fourth-order valence-corrected chi connectivity index (χ4v) is 6.99. The summed E-state index contributed by atoms with van der Waals surface area (Å²) in [5.74, 6) is 1.94. The van der Waals surface area contributed by atoms with Crippen LogP contribution in [0.4, 0.5) is 0 Å². The summed E-state index contributed by atoms with van der Waals surface area (Å²) >= 11 is 4.95. The summed E-state index contributed by atoms with van der Waals surface area (Å²) in [7, 11) is 4.86. The van der Waals surface area contributed by atoms with Gasteiger partial charge in [-0.25, -0.2) is 4.99 Å². The first kappa shape index (κ1) is 24.7. The van der Waals surface area contributed by atoms with Gasteiger partial charge in [-0.2, -0.15) is 0 Å². The minimum absolute atomic E-state index is 0.0824. The Bertz CT molecular complexity index is 1790. The van der Waals surface area contributed by atoms with E-state index in [1.54, 1.807) is 21.3 Å². The van der Waals surface area contributed by atoms with Crippen molar-refractivity contribution in [2.75, 3.05) is 21.3 Å². The molecular weight excluding hydrogens is 564 g/mol. The first-order valence-electron chi connectivity index (χ1n) is 12.2. The van der Waals surface area contributed by atoms with Gasteiger partial charge in [-0.3, -0.25) is 9.36 Å². The molecule has 0 spiro atoms. The summed E-state index contributed by atoms with van der Waals surface area (Å²) in [6.45, 7) is 0. The van der Waals surface area contributed by atoms with E-state index < -0.39 is 0 Å². The number of benzene rings is 3. The van der Waals surface area contributed by atoms with Crippen LogP contribution in [0.3, 0.4) is 0 Å². The summed E-state index contributed by atoms with van der Waals surface area (Å²) in [6, 6.07) is 19.8. The molecule has 2 aliphatic rings. The van der Waals surface area contributed by atoms with Crippen molar-refractivity contribution < 1.29 is 14.2 Å². The average Bonchev–Trinajstić information content (AvgIpc) is 3.25. The van der Waals surface area contributed by atoms with E-state index in [1.165, 1.54) is 16.9 Å². The molecule has 1 unspecified atom stereocenters. The maximum Gasteiger partial charge on any atom is 0.271 e. The zero-order valence-electron chi connectivity index (χ0n) is 21.2. The standard InChI is InChI=1S/C30H25BrN2O4S/c1-35-23-11-7-6-10-20(23)27-21-13-12-18-8-4-5-9-19(18)26(21)32-30-33(27)29(34)25(38-30)16-17-14-22(31)28(37-3)24(15-17)36-2/h4-11,14-16,27H,12-13H2,1-3H3. The number of ether oxygens (including phenoxy) is 3. The number of methoxy groups -OCH3 is 3. The smallest absolute Gasteiger partial charge is 0.271 e. The van der Waals surface area contributed by atoms with Gasteiger partial charge in [-0.1, -0.05) is 53.8 Å². The molecule has 1 aliphatic heterocycles. The number of hydrogen-bond acceptors (Lipinski definition) is 6. The third-order valence-electron chi connectivity index (χ3n) is 7.06. The molecule has 38 heavy (non-hydrogen) atoms. The van der Waals surface area contributed by atoms with Crippen LogP contribution < -0.4 is 29.1 Å². The molecule has 4 aromatic rings. The molecule has 0 radical (unpaired) electrons. The molecule has 2 heterocycles. The molecule has 6 nitrogen and oxygen atoms in total. The van der Waals surface area contributed by atoms with E-state index in [-0.39, 0.29) is 11.6 Å². The topological polar surface area (TPSA) is 62.0 Å². The van der Waals surface area contributed by atoms with E-state index in [4.69, 9.17) is 19.2 Å². The Hall–Kier alpha value is -3.62. The number of fused-ring (bicyclic) bond motifs is 3. The van der Waals surface area contributed by atoms with E-state index in [1.807, 2.05) is 53.1 Å². The van der Waals surface area contributed by atoms with Crippen LogP contribution >= 0.6 is 27.3 Å². The van der Waals surface area contributed by atoms with Crippen molar-refractivity contribution in [3.8, 4) is 17.2 Å². The number of aryl methyl sites for hydroxylation is 1. The normalized spacial score (nSPS) is 16.3. The van der Waals surface area contributed by atoms with E-state index in [2.05, 4.69) is 34.1 Å². The SMILES string of the molecule is COc1ccccc1C1C2=C(N=c3sc(=Cc4cc(Br)c(OC)c(OC)c4)c(=O)n31)c1ccccc1CC2. The first-order chi connectivity index (χ1) is 18.5. The first-order valence-corrected chi connectivity index (χ1v) is 13.8. The fourth-order valence-electron chi connectivity index (χ4n) is 5.36. The molecule has 1 aromatic heterocycles. The monoisotopic (exact) mass is 588 g/mol. The van der Waals surface area contributed by atoms with Crippen molar-refractivity contribution in [3.05, 3.63) is 113 Å². The van der Waals surface area contributed by atoms with Gasteiger partial charge in [-0.15, -0.1) is 0 Å². The lowest BCUT2D eigenvalue weighted by Crippen LogP contribution is -2.39. The van der Waals surface area contributed by atoms with Crippen molar-refractivity contribution in [3.63, 3.8) is 0 Å². The summed E-state index contributed by atoms with van der Waals surface area (Å²) < 4.78 is 19.9. The highest BCUT2D eigenvalue weighted by atomic mass is 79.9. The van der Waals surface area contributed by atoms with E-state index in [9.17, 15) is 4.79 Å². The predicted molar refractivity (Wildman–Crippen MR) is 153 cm³/mol. The Morgan fingerprint density at radius 1 is 0.974 bits per heavy atom. The van der Waals surface area contributed by atoms with Crippen LogP contribution in [0.2, 0.25) is 0 Å². The molecule has 0 fully saturated rings. The van der Waals surface area contributed by atoms with Gasteiger partial charge in [0.05, 0.1) is 42.1 Å². The molecule has 0 saturated carbocycles. The Morgan fingerprint density at radius 3 is 2.53 bits per heavy atom. The minimum atomic E-state index is -0.301. The Balaban J connectivity index is 1.62. The molecule has 8 heteroatoms. The number of rotatable bonds is 5. The summed E-state index contributed by atoms with van der Waals surface area (Å²) in [5.41, 5.74) is 6.21. The van der Waals surface area contributed by atoms with Crippen molar-refractivity contribution in [2.45, 2.75) is 18.9 Å². The lowest BCUT2D eigenvalue weighted by molar-refractivity contribution is 0.353. The molecule has 1 aliphatic carbocycles. The van der Waals surface area contributed by atoms with E-state index in [0.717, 1.165) is 51.0 Å². The van der Waals surface area contributed by atoms with Gasteiger partial charge in [0.25, 0.3) is 5.56 Å². The zero-order valence-corrected chi connectivity index (χ0v) is 23.6. The van der Waals surface area contributed by atoms with Gasteiger partial charge in [0, 0.05) is 11.1 Å². The third-order valence-corrected chi connectivity index (χ3v) is 8.63. The second-order valence-electron chi connectivity index (χ2n) is 9.09. The summed E-state index contributed by atoms with van der Waals surface area (Å²) in [4.78, 5) is 19.8. The van der Waals surface area contributed by atoms with Gasteiger partial charge in [0.1, 0.15) is 5.75 Å².